The van der Waals surface area contributed by atoms with Gasteiger partial charge in [0.25, 0.3) is 0 Å². The van der Waals surface area contributed by atoms with E-state index in [4.69, 9.17) is 5.73 Å². The number of nitrogens with one attached hydrogen (secondary N) is 1. The van der Waals surface area contributed by atoms with E-state index >= 15 is 0 Å². The molecule has 0 saturated heterocycles. The molecule has 2 aromatic carbocycles. The number of rotatable bonds is 5. The van der Waals surface area contributed by atoms with E-state index in [2.05, 4.69) is 60.8 Å². The van der Waals surface area contributed by atoms with Gasteiger partial charge in [-0.1, -0.05) is 67.6 Å². The van der Waals surface area contributed by atoms with Gasteiger partial charge in [0.1, 0.15) is 0 Å². The minimum Gasteiger partial charge on any atom is -0.384 e. The first-order valence-electron chi connectivity index (χ1n) is 8.49. The van der Waals surface area contributed by atoms with Gasteiger partial charge in [0, 0.05) is 17.6 Å². The fourth-order valence-corrected chi connectivity index (χ4v) is 3.29. The van der Waals surface area contributed by atoms with Crippen LogP contribution in [0, 0.1) is 5.41 Å². The summed E-state index contributed by atoms with van der Waals surface area (Å²) in [6.45, 7) is 3.28. The number of para-hydroxylation sites is 1. The summed E-state index contributed by atoms with van der Waals surface area (Å²) >= 11 is 0. The second-order valence-corrected chi connectivity index (χ2v) is 6.78. The van der Waals surface area contributed by atoms with Crippen LogP contribution in [0.4, 0.5) is 5.69 Å². The normalized spacial score (nSPS) is 21.8. The fourth-order valence-electron chi connectivity index (χ4n) is 3.29. The van der Waals surface area contributed by atoms with Crippen molar-refractivity contribution in [3.8, 4) is 0 Å². The Morgan fingerprint density at radius 3 is 2.57 bits per heavy atom. The highest BCUT2D eigenvalue weighted by Crippen LogP contribution is 2.32. The van der Waals surface area contributed by atoms with Crippen molar-refractivity contribution in [2.24, 2.45) is 11.1 Å². The molecule has 23 heavy (non-hydrogen) atoms. The van der Waals surface area contributed by atoms with Crippen LogP contribution in [-0.2, 0) is 0 Å². The lowest BCUT2D eigenvalue weighted by Crippen LogP contribution is -2.27. The lowest BCUT2D eigenvalue weighted by Gasteiger charge is -2.30. The van der Waals surface area contributed by atoms with Gasteiger partial charge in [-0.3, -0.25) is 0 Å². The van der Waals surface area contributed by atoms with E-state index in [-0.39, 0.29) is 11.5 Å². The Bertz CT molecular complexity index is 663. The Morgan fingerprint density at radius 2 is 1.83 bits per heavy atom. The Morgan fingerprint density at radius 1 is 1.09 bits per heavy atom. The molecule has 120 valence electrons. The third-order valence-electron chi connectivity index (χ3n) is 4.78. The highest BCUT2D eigenvalue weighted by atomic mass is 14.9. The van der Waals surface area contributed by atoms with Gasteiger partial charge in [0.15, 0.2) is 0 Å². The van der Waals surface area contributed by atoms with Gasteiger partial charge in [0.2, 0.25) is 0 Å². The number of nitrogens with two attached hydrogens (primary N) is 1. The third kappa shape index (κ3) is 3.83. The summed E-state index contributed by atoms with van der Waals surface area (Å²) in [5.41, 5.74) is 10.2. The van der Waals surface area contributed by atoms with Crippen molar-refractivity contribution in [3.63, 3.8) is 0 Å². The fraction of sp³-hybridized carbons (Fsp3) is 0.333. The monoisotopic (exact) mass is 306 g/mol. The molecule has 0 aromatic heterocycles. The van der Waals surface area contributed by atoms with Crippen LogP contribution in [0.3, 0.4) is 0 Å². The highest BCUT2D eigenvalue weighted by Gasteiger charge is 2.23. The lowest BCUT2D eigenvalue weighted by atomic mass is 9.81. The predicted molar refractivity (Wildman–Crippen MR) is 98.5 cm³/mol. The number of anilines is 1. The zero-order valence-electron chi connectivity index (χ0n) is 13.8. The van der Waals surface area contributed by atoms with E-state index in [1.807, 2.05) is 18.2 Å². The van der Waals surface area contributed by atoms with Crippen LogP contribution in [0.1, 0.15) is 43.4 Å². The standard InChI is InChI=1S/C21H26N2/c1-21(14-8-3-9-15-21)16-23-19-13-7-6-12-18(19)20(22)17-10-4-2-5-11-17/h2,4-8,10-14,20,23H,3,9,15-16,22H2,1H3. The quantitative estimate of drug-likeness (QED) is 0.772. The largest absolute Gasteiger partial charge is 0.384 e. The van der Waals surface area contributed by atoms with Crippen molar-refractivity contribution in [1.82, 2.24) is 0 Å². The molecule has 0 heterocycles. The van der Waals surface area contributed by atoms with E-state index in [1.54, 1.807) is 0 Å². The molecule has 0 radical (unpaired) electrons. The Hall–Kier alpha value is -2.06. The average molecular weight is 306 g/mol. The van der Waals surface area contributed by atoms with E-state index < -0.39 is 0 Å². The lowest BCUT2D eigenvalue weighted by molar-refractivity contribution is 0.387. The van der Waals surface area contributed by atoms with Gasteiger partial charge < -0.3 is 11.1 Å². The van der Waals surface area contributed by atoms with Gasteiger partial charge in [-0.25, -0.2) is 0 Å². The second-order valence-electron chi connectivity index (χ2n) is 6.78. The summed E-state index contributed by atoms with van der Waals surface area (Å²) < 4.78 is 0. The van der Waals surface area contributed by atoms with Gasteiger partial charge in [-0.05, 0) is 36.5 Å². The number of hydrogen-bond donors (Lipinski definition) is 2. The van der Waals surface area contributed by atoms with Crippen LogP contribution >= 0.6 is 0 Å². The van der Waals surface area contributed by atoms with Gasteiger partial charge in [-0.15, -0.1) is 0 Å². The highest BCUT2D eigenvalue weighted by molar-refractivity contribution is 5.55. The average Bonchev–Trinajstić information content (AvgIpc) is 2.61. The van der Waals surface area contributed by atoms with Crippen molar-refractivity contribution in [1.29, 1.82) is 0 Å². The summed E-state index contributed by atoms with van der Waals surface area (Å²) in [5, 5.41) is 3.64. The first-order chi connectivity index (χ1) is 11.2. The first-order valence-corrected chi connectivity index (χ1v) is 8.49. The van der Waals surface area contributed by atoms with Gasteiger partial charge >= 0.3 is 0 Å². The SMILES string of the molecule is CC1(CNc2ccccc2C(N)c2ccccc2)C=CCCC1. The van der Waals surface area contributed by atoms with E-state index in [1.165, 1.54) is 19.3 Å². The molecule has 0 spiro atoms. The summed E-state index contributed by atoms with van der Waals surface area (Å²) in [6.07, 6.45) is 8.41. The maximum absolute atomic E-state index is 6.50. The van der Waals surface area contributed by atoms with Crippen molar-refractivity contribution >= 4 is 5.69 Å². The Kier molecular flexibility index (Phi) is 4.82. The maximum Gasteiger partial charge on any atom is 0.0572 e. The molecular weight excluding hydrogens is 280 g/mol. The van der Waals surface area contributed by atoms with Crippen molar-refractivity contribution in [2.45, 2.75) is 32.2 Å². The van der Waals surface area contributed by atoms with Crippen LogP contribution in [0.5, 0.6) is 0 Å². The van der Waals surface area contributed by atoms with Crippen molar-refractivity contribution in [3.05, 3.63) is 77.9 Å². The predicted octanol–water partition coefficient (Wildman–Crippen LogP) is 4.89. The minimum atomic E-state index is -0.102. The molecule has 2 unspecified atom stereocenters. The summed E-state index contributed by atoms with van der Waals surface area (Å²) in [5.74, 6) is 0. The van der Waals surface area contributed by atoms with Crippen molar-refractivity contribution in [2.75, 3.05) is 11.9 Å². The molecule has 1 aliphatic rings. The smallest absolute Gasteiger partial charge is 0.0572 e. The molecule has 1 aliphatic carbocycles. The Balaban J connectivity index is 1.78. The summed E-state index contributed by atoms with van der Waals surface area (Å²) in [4.78, 5) is 0. The molecule has 2 heteroatoms. The molecular formula is C21H26N2. The molecule has 0 bridgehead atoms. The zero-order valence-corrected chi connectivity index (χ0v) is 13.8. The van der Waals surface area contributed by atoms with Crippen LogP contribution < -0.4 is 11.1 Å². The maximum atomic E-state index is 6.50. The van der Waals surface area contributed by atoms with Gasteiger partial charge in [-0.2, -0.15) is 0 Å². The molecule has 2 aromatic rings. The topological polar surface area (TPSA) is 38.0 Å². The van der Waals surface area contributed by atoms with Crippen LogP contribution in [0.15, 0.2) is 66.7 Å². The molecule has 3 rings (SSSR count). The van der Waals surface area contributed by atoms with E-state index in [0.717, 1.165) is 23.4 Å². The zero-order chi connectivity index (χ0) is 16.1. The van der Waals surface area contributed by atoms with E-state index in [9.17, 15) is 0 Å². The summed E-state index contributed by atoms with van der Waals surface area (Å²) in [6, 6.07) is 18.6. The molecule has 0 aliphatic heterocycles. The number of hydrogen-bond acceptors (Lipinski definition) is 2. The summed E-state index contributed by atoms with van der Waals surface area (Å²) in [7, 11) is 0. The molecule has 2 atom stereocenters. The molecule has 2 nitrogen and oxygen atoms in total. The Labute approximate surface area is 139 Å². The molecule has 0 amide bonds. The first kappa shape index (κ1) is 15.8. The number of allylic oxidation sites excluding steroid dienone is 1. The van der Waals surface area contributed by atoms with Gasteiger partial charge in [0.05, 0.1) is 6.04 Å². The van der Waals surface area contributed by atoms with E-state index in [0.29, 0.717) is 0 Å². The van der Waals surface area contributed by atoms with Crippen LogP contribution in [0.2, 0.25) is 0 Å². The molecule has 0 saturated carbocycles. The number of benzene rings is 2. The second kappa shape index (κ2) is 7.01. The van der Waals surface area contributed by atoms with Crippen LogP contribution in [0.25, 0.3) is 0 Å². The van der Waals surface area contributed by atoms with Crippen LogP contribution in [-0.4, -0.2) is 6.54 Å². The third-order valence-corrected chi connectivity index (χ3v) is 4.78. The van der Waals surface area contributed by atoms with Crippen molar-refractivity contribution < 1.29 is 0 Å². The molecule has 3 N–H and O–H groups in total. The molecule has 0 fully saturated rings. The minimum absolute atomic E-state index is 0.102.